The lowest BCUT2D eigenvalue weighted by atomic mass is 10.2. The molecule has 0 saturated carbocycles. The molecule has 154 valence electrons. The number of hydrogen-bond acceptors (Lipinski definition) is 6. The maximum atomic E-state index is 12.6. The van der Waals surface area contributed by atoms with Crippen LogP contribution in [0.2, 0.25) is 0 Å². The van der Waals surface area contributed by atoms with Crippen molar-refractivity contribution < 1.29 is 19.1 Å². The number of carbonyl (C=O) groups is 3. The zero-order chi connectivity index (χ0) is 22.0. The molecule has 8 heteroatoms. The number of ether oxygens (including phenoxy) is 1. The molecule has 3 aromatic rings. The van der Waals surface area contributed by atoms with E-state index >= 15 is 0 Å². The molecule has 2 heterocycles. The molecule has 0 N–H and O–H groups in total. The fourth-order valence-electron chi connectivity index (χ4n) is 3.46. The van der Waals surface area contributed by atoms with Gasteiger partial charge in [0.2, 0.25) is 11.8 Å². The summed E-state index contributed by atoms with van der Waals surface area (Å²) in [6, 6.07) is 17.5. The topological polar surface area (TPSA) is 105 Å². The quantitative estimate of drug-likeness (QED) is 0.469. The van der Waals surface area contributed by atoms with E-state index in [1.807, 2.05) is 30.3 Å². The summed E-state index contributed by atoms with van der Waals surface area (Å²) in [4.78, 5) is 37.4. The number of aryl methyl sites for hydroxylation is 1. The predicted octanol–water partition coefficient (Wildman–Crippen LogP) is 3.06. The number of carbonyl (C=O) groups excluding carboxylic acids is 3. The van der Waals surface area contributed by atoms with Gasteiger partial charge in [0.25, 0.3) is 0 Å². The van der Waals surface area contributed by atoms with Crippen molar-refractivity contribution in [2.24, 2.45) is 0 Å². The van der Waals surface area contributed by atoms with E-state index in [4.69, 9.17) is 4.74 Å². The number of amides is 2. The molecule has 1 aliphatic rings. The number of para-hydroxylation sites is 1. The minimum atomic E-state index is -0.590. The number of esters is 1. The Morgan fingerprint density at radius 1 is 1.03 bits per heavy atom. The van der Waals surface area contributed by atoms with Gasteiger partial charge in [-0.3, -0.25) is 14.5 Å². The second-order valence-corrected chi connectivity index (χ2v) is 7.01. The summed E-state index contributed by atoms with van der Waals surface area (Å²) in [6.07, 6.45) is 0.386. The maximum Gasteiger partial charge on any atom is 0.338 e. The van der Waals surface area contributed by atoms with Crippen molar-refractivity contribution >= 4 is 23.5 Å². The lowest BCUT2D eigenvalue weighted by molar-refractivity contribution is -0.121. The van der Waals surface area contributed by atoms with Crippen LogP contribution in [0.3, 0.4) is 0 Å². The zero-order valence-corrected chi connectivity index (χ0v) is 16.7. The molecule has 0 bridgehead atoms. The first-order chi connectivity index (χ1) is 15.0. The lowest BCUT2D eigenvalue weighted by Gasteiger charge is -2.14. The fraction of sp³-hybridized carbons (Fsp3) is 0.174. The van der Waals surface area contributed by atoms with Crippen molar-refractivity contribution in [3.8, 4) is 11.8 Å². The number of aromatic nitrogens is 2. The molecule has 8 nitrogen and oxygen atoms in total. The van der Waals surface area contributed by atoms with Gasteiger partial charge in [-0.2, -0.15) is 10.4 Å². The van der Waals surface area contributed by atoms with E-state index in [0.717, 1.165) is 10.6 Å². The van der Waals surface area contributed by atoms with Crippen LogP contribution in [0.25, 0.3) is 5.69 Å². The molecule has 0 aliphatic carbocycles. The van der Waals surface area contributed by atoms with Gasteiger partial charge in [0.05, 0.1) is 28.3 Å². The Kier molecular flexibility index (Phi) is 5.33. The van der Waals surface area contributed by atoms with Crippen molar-refractivity contribution in [1.29, 1.82) is 5.26 Å². The van der Waals surface area contributed by atoms with Gasteiger partial charge in [-0.15, -0.1) is 0 Å². The summed E-state index contributed by atoms with van der Waals surface area (Å²) in [5, 5.41) is 13.9. The molecule has 31 heavy (non-hydrogen) atoms. The van der Waals surface area contributed by atoms with E-state index < -0.39 is 5.97 Å². The van der Waals surface area contributed by atoms with Crippen LogP contribution in [0, 0.1) is 18.3 Å². The van der Waals surface area contributed by atoms with E-state index in [9.17, 15) is 19.6 Å². The standard InChI is InChI=1S/C23H18N4O4/c1-15-19(13-24)20(27(25-15)18-5-3-2-4-6-18)14-31-23(30)16-7-9-17(10-8-16)26-21(28)11-12-22(26)29/h2-10H,11-12,14H2,1H3. The smallest absolute Gasteiger partial charge is 0.338 e. The van der Waals surface area contributed by atoms with E-state index in [1.54, 1.807) is 11.6 Å². The average molecular weight is 414 g/mol. The number of hydrogen-bond donors (Lipinski definition) is 0. The maximum absolute atomic E-state index is 12.6. The molecule has 2 aromatic carbocycles. The van der Waals surface area contributed by atoms with Crippen molar-refractivity contribution in [3.63, 3.8) is 0 Å². The van der Waals surface area contributed by atoms with E-state index in [2.05, 4.69) is 11.2 Å². The first-order valence-electron chi connectivity index (χ1n) is 9.66. The van der Waals surface area contributed by atoms with Gasteiger partial charge in [0.1, 0.15) is 18.2 Å². The van der Waals surface area contributed by atoms with Crippen LogP contribution >= 0.6 is 0 Å². The molecular formula is C23H18N4O4. The first-order valence-corrected chi connectivity index (χ1v) is 9.66. The molecule has 0 spiro atoms. The second-order valence-electron chi connectivity index (χ2n) is 7.01. The van der Waals surface area contributed by atoms with Gasteiger partial charge in [-0.1, -0.05) is 18.2 Å². The minimum absolute atomic E-state index is 0.137. The van der Waals surface area contributed by atoms with Crippen molar-refractivity contribution in [1.82, 2.24) is 9.78 Å². The summed E-state index contributed by atoms with van der Waals surface area (Å²) in [5.41, 5.74) is 2.82. The molecule has 0 unspecified atom stereocenters. The average Bonchev–Trinajstić information content (AvgIpc) is 3.30. The Labute approximate surface area is 178 Å². The van der Waals surface area contributed by atoms with Crippen molar-refractivity contribution in [2.75, 3.05) is 4.90 Å². The molecule has 1 aliphatic heterocycles. The van der Waals surface area contributed by atoms with Gasteiger partial charge in [-0.05, 0) is 43.3 Å². The van der Waals surface area contributed by atoms with Crippen LogP contribution in [-0.2, 0) is 20.9 Å². The van der Waals surface area contributed by atoms with Gasteiger partial charge in [0.15, 0.2) is 0 Å². The monoisotopic (exact) mass is 414 g/mol. The number of benzene rings is 2. The van der Waals surface area contributed by atoms with Crippen molar-refractivity contribution in [2.45, 2.75) is 26.4 Å². The van der Waals surface area contributed by atoms with Gasteiger partial charge >= 0.3 is 5.97 Å². The molecule has 2 amide bonds. The molecule has 0 radical (unpaired) electrons. The Hall–Kier alpha value is -4.25. The molecule has 1 saturated heterocycles. The van der Waals surface area contributed by atoms with Crippen LogP contribution in [0.1, 0.15) is 40.2 Å². The van der Waals surface area contributed by atoms with E-state index in [1.165, 1.54) is 24.3 Å². The summed E-state index contributed by atoms with van der Waals surface area (Å²) in [6.45, 7) is 1.59. The fourth-order valence-corrected chi connectivity index (χ4v) is 3.46. The first kappa shape index (κ1) is 20.0. The van der Waals surface area contributed by atoms with Gasteiger partial charge in [0, 0.05) is 12.8 Å². The Morgan fingerprint density at radius 2 is 1.68 bits per heavy atom. The van der Waals surface area contributed by atoms with Crippen LogP contribution in [0.5, 0.6) is 0 Å². The molecule has 0 atom stereocenters. The Bertz CT molecular complexity index is 1190. The molecule has 4 rings (SSSR count). The highest BCUT2D eigenvalue weighted by molar-refractivity contribution is 6.19. The highest BCUT2D eigenvalue weighted by Gasteiger charge is 2.30. The number of imide groups is 1. The molecular weight excluding hydrogens is 396 g/mol. The number of nitrogens with zero attached hydrogens (tertiary/aromatic N) is 4. The normalized spacial score (nSPS) is 13.4. The van der Waals surface area contributed by atoms with E-state index in [-0.39, 0.29) is 36.8 Å². The van der Waals surface area contributed by atoms with Crippen LogP contribution in [0.15, 0.2) is 54.6 Å². The number of rotatable bonds is 5. The third-order valence-electron chi connectivity index (χ3n) is 5.02. The highest BCUT2D eigenvalue weighted by Crippen LogP contribution is 2.24. The van der Waals surface area contributed by atoms with Crippen LogP contribution in [-0.4, -0.2) is 27.6 Å². The van der Waals surface area contributed by atoms with Gasteiger partial charge in [-0.25, -0.2) is 9.48 Å². The third-order valence-corrected chi connectivity index (χ3v) is 5.02. The third kappa shape index (κ3) is 3.81. The summed E-state index contributed by atoms with van der Waals surface area (Å²) in [5.74, 6) is -1.10. The molecule has 1 fully saturated rings. The predicted molar refractivity (Wildman–Crippen MR) is 110 cm³/mol. The Morgan fingerprint density at radius 3 is 2.29 bits per heavy atom. The number of nitriles is 1. The van der Waals surface area contributed by atoms with Crippen LogP contribution < -0.4 is 4.90 Å². The van der Waals surface area contributed by atoms with Crippen LogP contribution in [0.4, 0.5) is 5.69 Å². The summed E-state index contributed by atoms with van der Waals surface area (Å²) in [7, 11) is 0. The summed E-state index contributed by atoms with van der Waals surface area (Å²) < 4.78 is 7.03. The minimum Gasteiger partial charge on any atom is -0.456 e. The highest BCUT2D eigenvalue weighted by atomic mass is 16.5. The van der Waals surface area contributed by atoms with E-state index in [0.29, 0.717) is 22.6 Å². The second kappa shape index (κ2) is 8.24. The SMILES string of the molecule is Cc1nn(-c2ccccc2)c(COC(=O)c2ccc(N3C(=O)CCC3=O)cc2)c1C#N. The Balaban J connectivity index is 1.52. The lowest BCUT2D eigenvalue weighted by Crippen LogP contribution is -2.28. The largest absolute Gasteiger partial charge is 0.456 e. The number of anilines is 1. The molecule has 1 aromatic heterocycles. The van der Waals surface area contributed by atoms with Gasteiger partial charge < -0.3 is 4.74 Å². The summed E-state index contributed by atoms with van der Waals surface area (Å²) >= 11 is 0. The van der Waals surface area contributed by atoms with Crippen molar-refractivity contribution in [3.05, 3.63) is 77.1 Å². The zero-order valence-electron chi connectivity index (χ0n) is 16.7.